The zero-order valence-electron chi connectivity index (χ0n) is 19.5. The largest absolute Gasteiger partial charge is 0.469 e. The van der Waals surface area contributed by atoms with Crippen molar-refractivity contribution in [2.75, 3.05) is 13.7 Å². The van der Waals surface area contributed by atoms with Gasteiger partial charge in [0.15, 0.2) is 0 Å². The van der Waals surface area contributed by atoms with Crippen LogP contribution in [0.2, 0.25) is 0 Å². The Kier molecular flexibility index (Phi) is 9.56. The number of hydrogen-bond acceptors (Lipinski definition) is 5. The first-order chi connectivity index (χ1) is 16.2. The molecule has 0 aromatic heterocycles. The number of halogens is 3. The van der Waals surface area contributed by atoms with Crippen molar-refractivity contribution in [1.29, 1.82) is 0 Å². The van der Waals surface area contributed by atoms with Gasteiger partial charge in [0, 0.05) is 25.4 Å². The van der Waals surface area contributed by atoms with E-state index in [0.29, 0.717) is 43.8 Å². The second kappa shape index (κ2) is 12.2. The first-order valence-electron chi connectivity index (χ1n) is 12.1. The van der Waals surface area contributed by atoms with E-state index in [1.54, 1.807) is 12.1 Å². The summed E-state index contributed by atoms with van der Waals surface area (Å²) in [7, 11) is 1.39. The number of carbonyl (C=O) groups is 1. The van der Waals surface area contributed by atoms with Gasteiger partial charge in [-0.05, 0) is 62.0 Å². The number of aryl methyl sites for hydroxylation is 1. The smallest absolute Gasteiger partial charge is 0.416 e. The molecule has 190 valence electrons. The Bertz CT molecular complexity index is 825. The first kappa shape index (κ1) is 26.7. The molecule has 2 fully saturated rings. The summed E-state index contributed by atoms with van der Waals surface area (Å²) in [6, 6.07) is 5.16. The Morgan fingerprint density at radius 1 is 1.32 bits per heavy atom. The Morgan fingerprint density at radius 2 is 2.12 bits per heavy atom. The maximum atomic E-state index is 12.9. The van der Waals surface area contributed by atoms with Crippen LogP contribution in [0.4, 0.5) is 13.2 Å². The van der Waals surface area contributed by atoms with Gasteiger partial charge in [-0.2, -0.15) is 13.2 Å². The van der Waals surface area contributed by atoms with Crippen LogP contribution in [0.15, 0.2) is 36.4 Å². The van der Waals surface area contributed by atoms with Crippen molar-refractivity contribution in [1.82, 2.24) is 0 Å². The summed E-state index contributed by atoms with van der Waals surface area (Å²) < 4.78 is 49.4. The van der Waals surface area contributed by atoms with Crippen molar-refractivity contribution >= 4 is 5.97 Å². The van der Waals surface area contributed by atoms with Crippen LogP contribution >= 0.6 is 0 Å². The van der Waals surface area contributed by atoms with Gasteiger partial charge in [0.2, 0.25) is 0 Å². The minimum Gasteiger partial charge on any atom is -0.469 e. The molecule has 34 heavy (non-hydrogen) atoms. The quantitative estimate of drug-likeness (QED) is 0.393. The Morgan fingerprint density at radius 3 is 2.85 bits per heavy atom. The SMILES string of the molecule is COC(=O)CCC[C@H]1CC[C@@H]2[C@@H](/C=C/[C@H](O)CCc3cccc(C(F)(F)F)c3)[C@H](O)C[C@@H]2OC1. The lowest BCUT2D eigenvalue weighted by Crippen LogP contribution is -2.21. The van der Waals surface area contributed by atoms with E-state index in [-0.39, 0.29) is 23.9 Å². The van der Waals surface area contributed by atoms with Crippen molar-refractivity contribution in [2.45, 2.75) is 75.9 Å². The summed E-state index contributed by atoms with van der Waals surface area (Å²) >= 11 is 0. The van der Waals surface area contributed by atoms with E-state index >= 15 is 0 Å². The van der Waals surface area contributed by atoms with Gasteiger partial charge in [0.1, 0.15) is 0 Å². The van der Waals surface area contributed by atoms with E-state index in [1.165, 1.54) is 13.2 Å². The van der Waals surface area contributed by atoms with E-state index in [1.807, 2.05) is 6.08 Å². The number of alkyl halides is 3. The van der Waals surface area contributed by atoms with E-state index in [2.05, 4.69) is 4.74 Å². The lowest BCUT2D eigenvalue weighted by molar-refractivity contribution is -0.141. The number of methoxy groups -OCH3 is 1. The fourth-order valence-corrected chi connectivity index (χ4v) is 5.15. The van der Waals surface area contributed by atoms with Gasteiger partial charge in [-0.3, -0.25) is 4.79 Å². The third-order valence-corrected chi connectivity index (χ3v) is 7.10. The molecule has 1 aromatic carbocycles. The number of ether oxygens (including phenoxy) is 2. The average Bonchev–Trinajstić information content (AvgIpc) is 2.97. The van der Waals surface area contributed by atoms with Crippen LogP contribution in [0.1, 0.15) is 56.1 Å². The molecule has 6 atom stereocenters. The zero-order chi connectivity index (χ0) is 24.7. The minimum atomic E-state index is -4.38. The van der Waals surface area contributed by atoms with E-state index in [4.69, 9.17) is 4.74 Å². The molecule has 0 radical (unpaired) electrons. The number of fused-ring (bicyclic) bond motifs is 1. The van der Waals surface area contributed by atoms with Crippen molar-refractivity contribution in [3.8, 4) is 0 Å². The molecule has 0 amide bonds. The van der Waals surface area contributed by atoms with Crippen LogP contribution in [-0.2, 0) is 26.9 Å². The molecule has 3 rings (SSSR count). The second-order valence-corrected chi connectivity index (χ2v) is 9.52. The first-order valence-corrected chi connectivity index (χ1v) is 12.1. The monoisotopic (exact) mass is 484 g/mol. The predicted octanol–water partition coefficient (Wildman–Crippen LogP) is 4.69. The summed E-state index contributed by atoms with van der Waals surface area (Å²) in [6.07, 6.45) is 2.84. The van der Waals surface area contributed by atoms with Crippen LogP contribution in [0, 0.1) is 17.8 Å². The van der Waals surface area contributed by atoms with E-state index < -0.39 is 23.9 Å². The van der Waals surface area contributed by atoms with Gasteiger partial charge in [-0.25, -0.2) is 0 Å². The van der Waals surface area contributed by atoms with Gasteiger partial charge in [-0.15, -0.1) is 0 Å². The van der Waals surface area contributed by atoms with Crippen LogP contribution in [0.3, 0.4) is 0 Å². The molecule has 1 saturated heterocycles. The number of hydrogen-bond donors (Lipinski definition) is 2. The van der Waals surface area contributed by atoms with Crippen molar-refractivity contribution in [3.05, 3.63) is 47.5 Å². The molecule has 1 saturated carbocycles. The Balaban J connectivity index is 1.49. The molecular formula is C26H35F3O5. The average molecular weight is 485 g/mol. The zero-order valence-corrected chi connectivity index (χ0v) is 19.5. The van der Waals surface area contributed by atoms with Gasteiger partial charge >= 0.3 is 12.1 Å². The molecule has 0 unspecified atom stereocenters. The van der Waals surface area contributed by atoms with Gasteiger partial charge in [-0.1, -0.05) is 30.4 Å². The Hall–Kier alpha value is -1.90. The van der Waals surface area contributed by atoms with E-state index in [0.717, 1.165) is 37.8 Å². The number of benzene rings is 1. The molecule has 1 aliphatic carbocycles. The van der Waals surface area contributed by atoms with Crippen LogP contribution in [-0.4, -0.2) is 48.2 Å². The number of aliphatic hydroxyl groups excluding tert-OH is 2. The molecular weight excluding hydrogens is 449 g/mol. The van der Waals surface area contributed by atoms with E-state index in [9.17, 15) is 28.2 Å². The maximum Gasteiger partial charge on any atom is 0.416 e. The van der Waals surface area contributed by atoms with Gasteiger partial charge in [0.05, 0.1) is 31.0 Å². The standard InChI is InChI=1S/C26H35F3O5/c1-33-25(32)7-3-5-18-9-12-22-21(23(31)15-24(22)34-16-18)13-11-20(30)10-8-17-4-2-6-19(14-17)26(27,28)29/h2,4,6,11,13-14,18,20-24,30-31H,3,5,7-10,12,15-16H2,1H3/b13-11+/t18-,20+,21+,22+,23+,24-/m0/s1. The third-order valence-electron chi connectivity index (χ3n) is 7.10. The summed E-state index contributed by atoms with van der Waals surface area (Å²) in [5.74, 6) is 0.205. The molecule has 0 spiro atoms. The lowest BCUT2D eigenvalue weighted by atomic mass is 9.86. The number of esters is 1. The highest BCUT2D eigenvalue weighted by Gasteiger charge is 2.43. The molecule has 5 nitrogen and oxygen atoms in total. The number of rotatable bonds is 9. The molecule has 1 aliphatic heterocycles. The summed E-state index contributed by atoms with van der Waals surface area (Å²) in [4.78, 5) is 11.3. The minimum absolute atomic E-state index is 0.0301. The number of aliphatic hydroxyl groups is 2. The highest BCUT2D eigenvalue weighted by molar-refractivity contribution is 5.68. The molecule has 1 aromatic rings. The molecule has 8 heteroatoms. The molecule has 2 N–H and O–H groups in total. The topological polar surface area (TPSA) is 76.0 Å². The Labute approximate surface area is 199 Å². The van der Waals surface area contributed by atoms with Crippen molar-refractivity contribution < 1.29 is 37.7 Å². The molecule has 2 aliphatic rings. The second-order valence-electron chi connectivity index (χ2n) is 9.52. The number of carbonyl (C=O) groups excluding carboxylic acids is 1. The third kappa shape index (κ3) is 7.55. The normalized spacial score (nSPS) is 28.5. The van der Waals surface area contributed by atoms with Crippen LogP contribution in [0.5, 0.6) is 0 Å². The summed E-state index contributed by atoms with van der Waals surface area (Å²) in [5, 5.41) is 20.9. The van der Waals surface area contributed by atoms with Crippen LogP contribution < -0.4 is 0 Å². The van der Waals surface area contributed by atoms with Crippen molar-refractivity contribution in [2.24, 2.45) is 17.8 Å². The molecule has 0 bridgehead atoms. The fourth-order valence-electron chi connectivity index (χ4n) is 5.15. The van der Waals surface area contributed by atoms with Crippen molar-refractivity contribution in [3.63, 3.8) is 0 Å². The van der Waals surface area contributed by atoms with Gasteiger partial charge in [0.25, 0.3) is 0 Å². The van der Waals surface area contributed by atoms with Crippen LogP contribution in [0.25, 0.3) is 0 Å². The lowest BCUT2D eigenvalue weighted by Gasteiger charge is -2.21. The predicted molar refractivity (Wildman–Crippen MR) is 121 cm³/mol. The maximum absolute atomic E-state index is 12.9. The summed E-state index contributed by atoms with van der Waals surface area (Å²) in [6.45, 7) is 0.616. The summed E-state index contributed by atoms with van der Waals surface area (Å²) in [5.41, 5.74) is -0.161. The molecule has 1 heterocycles. The van der Waals surface area contributed by atoms with Gasteiger partial charge < -0.3 is 19.7 Å². The highest BCUT2D eigenvalue weighted by atomic mass is 19.4. The fraction of sp³-hybridized carbons (Fsp3) is 0.654. The highest BCUT2D eigenvalue weighted by Crippen LogP contribution is 2.42.